The number of rotatable bonds is 13. The maximum Gasteiger partial charge on any atom is 0.327 e. The highest BCUT2D eigenvalue weighted by Gasteiger charge is 2.36. The van der Waals surface area contributed by atoms with Crippen molar-refractivity contribution in [1.29, 1.82) is 0 Å². The van der Waals surface area contributed by atoms with Gasteiger partial charge < -0.3 is 24.7 Å². The fourth-order valence-corrected chi connectivity index (χ4v) is 4.60. The van der Waals surface area contributed by atoms with Crippen LogP contribution in [0.3, 0.4) is 0 Å². The van der Waals surface area contributed by atoms with Crippen LogP contribution in [0.2, 0.25) is 0 Å². The average molecular weight is 544 g/mol. The molecular weight excluding hydrogens is 498 g/mol. The lowest BCUT2D eigenvalue weighted by Gasteiger charge is -2.45. The predicted molar refractivity (Wildman–Crippen MR) is 154 cm³/mol. The number of ether oxygens (including phenoxy) is 3. The van der Waals surface area contributed by atoms with Gasteiger partial charge in [-0.3, -0.25) is 14.3 Å². The number of amides is 2. The topological polar surface area (TPSA) is 100 Å². The number of methoxy groups -OCH3 is 3. The molecule has 0 bridgehead atoms. The summed E-state index contributed by atoms with van der Waals surface area (Å²) in [5.74, 6) is 1.48. The van der Waals surface area contributed by atoms with Gasteiger partial charge in [-0.05, 0) is 48.7 Å². The predicted octanol–water partition coefficient (Wildman–Crippen LogP) is 4.41. The van der Waals surface area contributed by atoms with Gasteiger partial charge in [-0.1, -0.05) is 56.9 Å². The maximum absolute atomic E-state index is 12.3. The SMILES string of the molecule is CCCCCCCNC=O.COc1cc(-c2ccc(CC3C[N+](C)([O-])C(=O)CN3C)cc2)cc(OC)c1OC. The molecule has 0 aliphatic carbocycles. The van der Waals surface area contributed by atoms with Crippen LogP contribution in [-0.4, -0.2) is 83.0 Å². The van der Waals surface area contributed by atoms with E-state index in [1.807, 2.05) is 36.2 Å². The molecule has 3 rings (SSSR count). The highest BCUT2D eigenvalue weighted by molar-refractivity contribution is 5.72. The van der Waals surface area contributed by atoms with Gasteiger partial charge >= 0.3 is 5.91 Å². The molecule has 1 saturated heterocycles. The molecule has 1 N–H and O–H groups in total. The summed E-state index contributed by atoms with van der Waals surface area (Å²) in [6.45, 7) is 3.50. The second-order valence-corrected chi connectivity index (χ2v) is 10.0. The molecule has 1 heterocycles. The number of carbonyl (C=O) groups is 2. The molecule has 0 radical (unpaired) electrons. The molecule has 216 valence electrons. The Bertz CT molecular complexity index is 1020. The van der Waals surface area contributed by atoms with E-state index in [0.29, 0.717) is 17.2 Å². The molecule has 2 atom stereocenters. The Morgan fingerprint density at radius 2 is 1.62 bits per heavy atom. The van der Waals surface area contributed by atoms with Gasteiger partial charge in [-0.25, -0.2) is 4.79 Å². The number of hydroxylamine groups is 3. The highest BCUT2D eigenvalue weighted by Crippen LogP contribution is 2.41. The van der Waals surface area contributed by atoms with Crippen LogP contribution < -0.4 is 19.5 Å². The second kappa shape index (κ2) is 16.1. The first-order valence-corrected chi connectivity index (χ1v) is 13.6. The molecule has 9 heteroatoms. The van der Waals surface area contributed by atoms with Crippen molar-refractivity contribution < 1.29 is 28.4 Å². The van der Waals surface area contributed by atoms with Crippen molar-refractivity contribution in [1.82, 2.24) is 10.2 Å². The largest absolute Gasteiger partial charge is 0.625 e. The summed E-state index contributed by atoms with van der Waals surface area (Å²) in [6.07, 6.45) is 7.75. The Kier molecular flexibility index (Phi) is 13.2. The lowest BCUT2D eigenvalue weighted by atomic mass is 9.98. The van der Waals surface area contributed by atoms with Crippen LogP contribution in [0.4, 0.5) is 0 Å². The summed E-state index contributed by atoms with van der Waals surface area (Å²) in [5.41, 5.74) is 3.09. The van der Waals surface area contributed by atoms with E-state index in [4.69, 9.17) is 14.2 Å². The summed E-state index contributed by atoms with van der Waals surface area (Å²) in [7, 11) is 8.11. The monoisotopic (exact) mass is 543 g/mol. The zero-order valence-corrected chi connectivity index (χ0v) is 24.3. The van der Waals surface area contributed by atoms with E-state index < -0.39 is 4.65 Å². The van der Waals surface area contributed by atoms with Crippen molar-refractivity contribution >= 4 is 12.3 Å². The number of nitrogens with one attached hydrogen (secondary N) is 1. The zero-order valence-electron chi connectivity index (χ0n) is 24.3. The number of benzene rings is 2. The Morgan fingerprint density at radius 1 is 1.00 bits per heavy atom. The molecule has 2 unspecified atom stereocenters. The van der Waals surface area contributed by atoms with Crippen molar-refractivity contribution in [3.63, 3.8) is 0 Å². The van der Waals surface area contributed by atoms with Gasteiger partial charge in [0.2, 0.25) is 12.2 Å². The summed E-state index contributed by atoms with van der Waals surface area (Å²) >= 11 is 0. The Hall–Kier alpha value is -3.14. The Labute approximate surface area is 233 Å². The molecule has 2 aromatic carbocycles. The average Bonchev–Trinajstić information content (AvgIpc) is 2.93. The first kappa shape index (κ1) is 32.1. The van der Waals surface area contributed by atoms with E-state index in [0.717, 1.165) is 42.5 Å². The second-order valence-electron chi connectivity index (χ2n) is 10.0. The van der Waals surface area contributed by atoms with Crippen LogP contribution >= 0.6 is 0 Å². The lowest BCUT2D eigenvalue weighted by Crippen LogP contribution is -2.61. The fourth-order valence-electron chi connectivity index (χ4n) is 4.60. The first-order chi connectivity index (χ1) is 18.7. The van der Waals surface area contributed by atoms with Gasteiger partial charge in [0, 0.05) is 6.54 Å². The van der Waals surface area contributed by atoms with Crippen molar-refractivity contribution in [2.75, 3.05) is 55.1 Å². The molecule has 2 aromatic rings. The number of piperazine rings is 1. The third-order valence-electron chi connectivity index (χ3n) is 7.03. The minimum Gasteiger partial charge on any atom is -0.625 e. The minimum atomic E-state index is -0.807. The number of hydrogen-bond acceptors (Lipinski definition) is 7. The summed E-state index contributed by atoms with van der Waals surface area (Å²) in [4.78, 5) is 23.6. The van der Waals surface area contributed by atoms with Gasteiger partial charge in [0.05, 0.1) is 34.4 Å². The van der Waals surface area contributed by atoms with Gasteiger partial charge in [0.1, 0.15) is 13.1 Å². The quantitative estimate of drug-likeness (QED) is 0.173. The van der Waals surface area contributed by atoms with Crippen LogP contribution in [0.1, 0.15) is 44.6 Å². The van der Waals surface area contributed by atoms with Crippen LogP contribution in [0.5, 0.6) is 17.2 Å². The zero-order chi connectivity index (χ0) is 28.8. The third-order valence-corrected chi connectivity index (χ3v) is 7.03. The third kappa shape index (κ3) is 9.53. The number of unbranched alkanes of at least 4 members (excludes halogenated alkanes) is 4. The number of quaternary nitrogens is 1. The molecule has 1 aliphatic rings. The molecule has 1 fully saturated rings. The Balaban J connectivity index is 0.000000455. The summed E-state index contributed by atoms with van der Waals surface area (Å²) in [6, 6.07) is 12.0. The molecule has 39 heavy (non-hydrogen) atoms. The molecular formula is C30H45N3O6. The van der Waals surface area contributed by atoms with E-state index in [1.165, 1.54) is 32.7 Å². The fraction of sp³-hybridized carbons (Fsp3) is 0.533. The number of carbonyl (C=O) groups excluding carboxylic acids is 2. The van der Waals surface area contributed by atoms with Gasteiger partial charge in [0.25, 0.3) is 0 Å². The van der Waals surface area contributed by atoms with Crippen LogP contribution in [0, 0.1) is 5.21 Å². The molecule has 9 nitrogen and oxygen atoms in total. The standard InChI is InChI=1S/C22H28N2O5.C8H17NO/c1-23-13-21(25)24(2,26)14-18(23)10-15-6-8-16(9-7-15)17-11-19(27-3)22(29-5)20(12-17)28-4;1-2-3-4-5-6-7-9-8-10/h6-9,11-12,18H,10,13-14H2,1-5H3;8H,2-7H2,1H3,(H,9,10). The van der Waals surface area contributed by atoms with Crippen LogP contribution in [0.15, 0.2) is 36.4 Å². The molecule has 0 saturated carbocycles. The molecule has 0 aromatic heterocycles. The summed E-state index contributed by atoms with van der Waals surface area (Å²) < 4.78 is 15.4. The molecule has 0 spiro atoms. The van der Waals surface area contributed by atoms with Crippen molar-refractivity contribution in [3.05, 3.63) is 47.2 Å². The van der Waals surface area contributed by atoms with E-state index in [9.17, 15) is 14.8 Å². The van der Waals surface area contributed by atoms with E-state index in [-0.39, 0.29) is 25.0 Å². The van der Waals surface area contributed by atoms with Crippen molar-refractivity contribution in [2.24, 2.45) is 0 Å². The Morgan fingerprint density at radius 3 is 2.15 bits per heavy atom. The van der Waals surface area contributed by atoms with Crippen LogP contribution in [-0.2, 0) is 16.0 Å². The summed E-state index contributed by atoms with van der Waals surface area (Å²) in [5, 5.41) is 15.0. The van der Waals surface area contributed by atoms with Gasteiger partial charge in [0.15, 0.2) is 11.5 Å². The number of nitrogens with zero attached hydrogens (tertiary/aromatic N) is 2. The molecule has 1 aliphatic heterocycles. The van der Waals surface area contributed by atoms with E-state index in [2.05, 4.69) is 24.4 Å². The first-order valence-electron chi connectivity index (χ1n) is 13.6. The van der Waals surface area contributed by atoms with Crippen molar-refractivity contribution in [3.8, 4) is 28.4 Å². The normalized spacial score (nSPS) is 19.1. The minimum absolute atomic E-state index is 0.0298. The van der Waals surface area contributed by atoms with Crippen molar-refractivity contribution in [2.45, 2.75) is 51.5 Å². The lowest BCUT2D eigenvalue weighted by molar-refractivity contribution is -0.790. The maximum atomic E-state index is 12.3. The molecule has 2 amide bonds. The highest BCUT2D eigenvalue weighted by atomic mass is 16.6. The van der Waals surface area contributed by atoms with Gasteiger partial charge in [-0.2, -0.15) is 0 Å². The van der Waals surface area contributed by atoms with Crippen LogP contribution in [0.25, 0.3) is 11.1 Å². The smallest absolute Gasteiger partial charge is 0.327 e. The number of hydrogen-bond donors (Lipinski definition) is 1. The van der Waals surface area contributed by atoms with E-state index >= 15 is 0 Å². The van der Waals surface area contributed by atoms with E-state index in [1.54, 1.807) is 21.3 Å². The number of likely N-dealkylation sites (N-methyl/N-ethyl adjacent to an activating group) is 2. The van der Waals surface area contributed by atoms with Gasteiger partial charge in [-0.15, -0.1) is 0 Å².